The van der Waals surface area contributed by atoms with Crippen LogP contribution in [0.1, 0.15) is 0 Å². The molecular weight excluding hydrogens is 773 g/mol. The summed E-state index contributed by atoms with van der Waals surface area (Å²) in [5.41, 5.74) is 13.4. The quantitative estimate of drug-likeness (QED) is 0.167. The molecule has 63 heavy (non-hydrogen) atoms. The number of furan rings is 2. The van der Waals surface area contributed by atoms with Crippen molar-refractivity contribution < 1.29 is 8.83 Å². The number of para-hydroxylation sites is 4. The largest absolute Gasteiger partial charge is 0.456 e. The maximum atomic E-state index is 7.17. The molecule has 4 heterocycles. The van der Waals surface area contributed by atoms with Gasteiger partial charge in [-0.1, -0.05) is 158 Å². The van der Waals surface area contributed by atoms with E-state index in [0.717, 1.165) is 82.8 Å². The summed E-state index contributed by atoms with van der Waals surface area (Å²) in [4.78, 5) is 15.4. The van der Waals surface area contributed by atoms with Crippen LogP contribution in [0, 0.1) is 0 Å². The van der Waals surface area contributed by atoms with Gasteiger partial charge >= 0.3 is 0 Å². The first kappa shape index (κ1) is 35.2. The van der Waals surface area contributed by atoms with E-state index in [2.05, 4.69) is 150 Å². The molecule has 0 fully saturated rings. The highest BCUT2D eigenvalue weighted by molar-refractivity contribution is 6.18. The Bertz CT molecular complexity index is 3900. The van der Waals surface area contributed by atoms with Crippen LogP contribution in [-0.2, 0) is 0 Å². The SMILES string of the molecule is c1ccc(-c2cc(-c3ccccc3)c3c4ccccc4n(-c4cccc5c4oc4c(-c6nc(-c7ccccc7)nc(-c7ccc8c(c7)oc7ccccc78)n6)cccc45)c3c2)cc1. The molecule has 0 atom stereocenters. The minimum atomic E-state index is 0.520. The minimum absolute atomic E-state index is 0.520. The third-order valence-corrected chi connectivity index (χ3v) is 12.3. The van der Waals surface area contributed by atoms with Gasteiger partial charge in [-0.3, -0.25) is 0 Å². The number of benzene rings is 9. The van der Waals surface area contributed by atoms with E-state index in [9.17, 15) is 0 Å². The Morgan fingerprint density at radius 1 is 0.317 bits per heavy atom. The topological polar surface area (TPSA) is 69.9 Å². The Morgan fingerprint density at radius 2 is 0.921 bits per heavy atom. The van der Waals surface area contributed by atoms with Crippen molar-refractivity contribution in [3.8, 4) is 62.1 Å². The van der Waals surface area contributed by atoms with E-state index < -0.39 is 0 Å². The van der Waals surface area contributed by atoms with Crippen LogP contribution >= 0.6 is 0 Å². The molecule has 0 unspecified atom stereocenters. The van der Waals surface area contributed by atoms with Crippen molar-refractivity contribution in [3.63, 3.8) is 0 Å². The van der Waals surface area contributed by atoms with Crippen LogP contribution < -0.4 is 0 Å². The van der Waals surface area contributed by atoms with Crippen molar-refractivity contribution in [2.24, 2.45) is 0 Å². The molecule has 9 aromatic carbocycles. The van der Waals surface area contributed by atoms with Crippen molar-refractivity contribution >= 4 is 65.7 Å². The van der Waals surface area contributed by atoms with Crippen LogP contribution in [0.5, 0.6) is 0 Å². The van der Waals surface area contributed by atoms with Crippen molar-refractivity contribution in [1.29, 1.82) is 0 Å². The number of rotatable bonds is 6. The molecule has 13 aromatic rings. The van der Waals surface area contributed by atoms with Crippen LogP contribution in [-0.4, -0.2) is 19.5 Å². The molecule has 13 rings (SSSR count). The highest BCUT2D eigenvalue weighted by atomic mass is 16.3. The van der Waals surface area contributed by atoms with Crippen molar-refractivity contribution in [1.82, 2.24) is 19.5 Å². The van der Waals surface area contributed by atoms with E-state index in [0.29, 0.717) is 23.1 Å². The highest BCUT2D eigenvalue weighted by Gasteiger charge is 2.23. The molecule has 0 radical (unpaired) electrons. The fourth-order valence-electron chi connectivity index (χ4n) is 9.36. The van der Waals surface area contributed by atoms with Gasteiger partial charge in [0.1, 0.15) is 16.7 Å². The molecule has 0 aliphatic carbocycles. The summed E-state index contributed by atoms with van der Waals surface area (Å²) in [6, 6.07) is 71.6. The summed E-state index contributed by atoms with van der Waals surface area (Å²) in [5.74, 6) is 1.64. The van der Waals surface area contributed by atoms with Gasteiger partial charge in [-0.15, -0.1) is 0 Å². The Balaban J connectivity index is 1.05. The molecule has 294 valence electrons. The summed E-state index contributed by atoms with van der Waals surface area (Å²) >= 11 is 0. The average molecular weight is 807 g/mol. The lowest BCUT2D eigenvalue weighted by Gasteiger charge is -2.12. The van der Waals surface area contributed by atoms with Crippen LogP contribution in [0.15, 0.2) is 215 Å². The lowest BCUT2D eigenvalue weighted by atomic mass is 9.94. The maximum absolute atomic E-state index is 7.17. The maximum Gasteiger partial charge on any atom is 0.167 e. The lowest BCUT2D eigenvalue weighted by Crippen LogP contribution is -2.00. The van der Waals surface area contributed by atoms with Crippen LogP contribution in [0.25, 0.3) is 128 Å². The summed E-state index contributed by atoms with van der Waals surface area (Å²) in [7, 11) is 0. The van der Waals surface area contributed by atoms with Gasteiger partial charge in [-0.2, -0.15) is 0 Å². The van der Waals surface area contributed by atoms with Crippen molar-refractivity contribution in [3.05, 3.63) is 206 Å². The van der Waals surface area contributed by atoms with E-state index in [-0.39, 0.29) is 0 Å². The molecule has 0 spiro atoms. The lowest BCUT2D eigenvalue weighted by molar-refractivity contribution is 0.667. The monoisotopic (exact) mass is 806 g/mol. The smallest absolute Gasteiger partial charge is 0.167 e. The first-order chi connectivity index (χ1) is 31.2. The summed E-state index contributed by atoms with van der Waals surface area (Å²) in [6.07, 6.45) is 0. The fraction of sp³-hybridized carbons (Fsp3) is 0. The number of nitrogens with zero attached hydrogens (tertiary/aromatic N) is 4. The molecule has 0 aliphatic rings. The van der Waals surface area contributed by atoms with E-state index in [1.165, 1.54) is 21.9 Å². The van der Waals surface area contributed by atoms with Gasteiger partial charge < -0.3 is 13.4 Å². The summed E-state index contributed by atoms with van der Waals surface area (Å²) in [6.45, 7) is 0. The van der Waals surface area contributed by atoms with E-state index in [1.54, 1.807) is 0 Å². The Kier molecular flexibility index (Phi) is 7.80. The molecule has 0 saturated heterocycles. The Labute approximate surface area is 361 Å². The molecular formula is C57H34N4O2. The molecule has 0 N–H and O–H groups in total. The van der Waals surface area contributed by atoms with Gasteiger partial charge in [0.05, 0.1) is 22.3 Å². The van der Waals surface area contributed by atoms with Crippen LogP contribution in [0.4, 0.5) is 0 Å². The first-order valence-corrected chi connectivity index (χ1v) is 21.1. The number of fused-ring (bicyclic) bond motifs is 9. The third-order valence-electron chi connectivity index (χ3n) is 12.3. The Hall–Kier alpha value is -8.61. The van der Waals surface area contributed by atoms with E-state index >= 15 is 0 Å². The molecule has 0 aliphatic heterocycles. The first-order valence-electron chi connectivity index (χ1n) is 21.1. The van der Waals surface area contributed by atoms with Crippen molar-refractivity contribution in [2.45, 2.75) is 0 Å². The summed E-state index contributed by atoms with van der Waals surface area (Å²) < 4.78 is 15.8. The minimum Gasteiger partial charge on any atom is -0.456 e. The molecule has 0 amide bonds. The zero-order valence-corrected chi connectivity index (χ0v) is 33.7. The second-order valence-electron chi connectivity index (χ2n) is 15.9. The molecule has 0 bridgehead atoms. The summed E-state index contributed by atoms with van der Waals surface area (Å²) in [5, 5.41) is 6.47. The van der Waals surface area contributed by atoms with Gasteiger partial charge in [0.2, 0.25) is 0 Å². The van der Waals surface area contributed by atoms with Crippen molar-refractivity contribution in [2.75, 3.05) is 0 Å². The predicted octanol–water partition coefficient (Wildman–Crippen LogP) is 15.1. The van der Waals surface area contributed by atoms with Gasteiger partial charge in [-0.25, -0.2) is 15.0 Å². The zero-order valence-electron chi connectivity index (χ0n) is 33.7. The third kappa shape index (κ3) is 5.62. The highest BCUT2D eigenvalue weighted by Crippen LogP contribution is 2.44. The number of hydrogen-bond acceptors (Lipinski definition) is 5. The number of hydrogen-bond donors (Lipinski definition) is 0. The second-order valence-corrected chi connectivity index (χ2v) is 15.9. The normalized spacial score (nSPS) is 11.8. The molecule has 6 heteroatoms. The van der Waals surface area contributed by atoms with E-state index in [1.807, 2.05) is 60.7 Å². The molecule has 6 nitrogen and oxygen atoms in total. The Morgan fingerprint density at radius 3 is 1.71 bits per heavy atom. The van der Waals surface area contributed by atoms with Gasteiger partial charge in [0.25, 0.3) is 0 Å². The standard InChI is InChI=1S/C57H34N4O2/c1-4-16-35(17-5-1)39-32-46(36-18-6-2-7-19-36)52-44-23-10-12-27-47(44)61(49(52)33-39)48-28-15-25-43-42-24-14-26-45(53(42)63-54(43)48)57-59-55(37-20-8-3-9-21-37)58-56(60-57)38-30-31-41-40-22-11-13-29-50(40)62-51(41)34-38/h1-34H. The average Bonchev–Trinajstić information content (AvgIpc) is 4.04. The predicted molar refractivity (Wildman–Crippen MR) is 256 cm³/mol. The molecule has 0 saturated carbocycles. The fourth-order valence-corrected chi connectivity index (χ4v) is 9.36. The molecule has 4 aromatic heterocycles. The second kappa shape index (κ2) is 14.0. The van der Waals surface area contributed by atoms with Gasteiger partial charge in [-0.05, 0) is 70.8 Å². The van der Waals surface area contributed by atoms with Gasteiger partial charge in [0, 0.05) is 43.4 Å². The zero-order chi connectivity index (χ0) is 41.4. The van der Waals surface area contributed by atoms with Crippen LogP contribution in [0.2, 0.25) is 0 Å². The van der Waals surface area contributed by atoms with Gasteiger partial charge in [0.15, 0.2) is 23.1 Å². The number of aromatic nitrogens is 4. The van der Waals surface area contributed by atoms with E-state index in [4.69, 9.17) is 23.8 Å². The van der Waals surface area contributed by atoms with Crippen LogP contribution in [0.3, 0.4) is 0 Å².